The number of likely N-dealkylation sites (N-methyl/N-ethyl adjacent to an activating group) is 2. The number of carbonyl (C=O) groups excluding carboxylic acids is 1. The number of rotatable bonds is 11. The summed E-state index contributed by atoms with van der Waals surface area (Å²) >= 11 is 3.31. The van der Waals surface area contributed by atoms with Gasteiger partial charge in [-0.15, -0.1) is 22.7 Å². The van der Waals surface area contributed by atoms with Crippen molar-refractivity contribution in [1.29, 1.82) is 0 Å². The first-order valence-corrected chi connectivity index (χ1v) is 12.7. The molecule has 0 fully saturated rings. The van der Waals surface area contributed by atoms with Gasteiger partial charge in [0, 0.05) is 36.0 Å². The number of benzene rings is 1. The zero-order valence-corrected chi connectivity index (χ0v) is 21.8. The smallest absolute Gasteiger partial charge is 0.248 e. The van der Waals surface area contributed by atoms with Crippen LogP contribution in [-0.4, -0.2) is 66.0 Å². The van der Waals surface area contributed by atoms with E-state index in [1.807, 2.05) is 26.8 Å². The largest absolute Gasteiger partial charge is 0.491 e. The number of carbonyl (C=O) groups is 1. The van der Waals surface area contributed by atoms with Crippen molar-refractivity contribution < 1.29 is 9.53 Å². The lowest BCUT2D eigenvalue weighted by Crippen LogP contribution is -2.28. The third-order valence-electron chi connectivity index (χ3n) is 5.01. The molecule has 0 aliphatic heterocycles. The quantitative estimate of drug-likeness (QED) is 0.439. The Morgan fingerprint density at radius 2 is 1.91 bits per heavy atom. The molecule has 3 aromatic rings. The van der Waals surface area contributed by atoms with Gasteiger partial charge in [0.2, 0.25) is 5.91 Å². The van der Waals surface area contributed by atoms with Crippen molar-refractivity contribution in [2.45, 2.75) is 39.8 Å². The maximum Gasteiger partial charge on any atom is 0.248 e. The fraction of sp³-hybridized carbons (Fsp3) is 0.458. The highest BCUT2D eigenvalue weighted by molar-refractivity contribution is 7.16. The number of aryl methyl sites for hydroxylation is 1. The summed E-state index contributed by atoms with van der Waals surface area (Å²) in [6.07, 6.45) is 0.607. The molecule has 178 valence electrons. The van der Waals surface area contributed by atoms with Gasteiger partial charge in [-0.05, 0) is 60.1 Å². The average molecular weight is 488 g/mol. The first-order chi connectivity index (χ1) is 15.6. The van der Waals surface area contributed by atoms with Crippen molar-refractivity contribution in [3.8, 4) is 16.3 Å². The highest BCUT2D eigenvalue weighted by Gasteiger charge is 2.16. The van der Waals surface area contributed by atoms with Crippen molar-refractivity contribution in [3.05, 3.63) is 50.4 Å². The molecule has 0 unspecified atom stereocenters. The maximum absolute atomic E-state index is 11.7. The van der Waals surface area contributed by atoms with Crippen LogP contribution in [0.25, 0.3) is 10.6 Å². The highest BCUT2D eigenvalue weighted by atomic mass is 32.1. The van der Waals surface area contributed by atoms with Crippen LogP contribution in [0.1, 0.15) is 45.5 Å². The maximum atomic E-state index is 11.7. The third kappa shape index (κ3) is 7.07. The Kier molecular flexibility index (Phi) is 8.58. The summed E-state index contributed by atoms with van der Waals surface area (Å²) in [4.78, 5) is 26.9. The Balaban J connectivity index is 1.77. The Morgan fingerprint density at radius 1 is 1.15 bits per heavy atom. The predicted octanol–water partition coefficient (Wildman–Crippen LogP) is 4.05. The first kappa shape index (κ1) is 25.3. The molecule has 0 atom stereocenters. The summed E-state index contributed by atoms with van der Waals surface area (Å²) in [5.41, 5.74) is 8.82. The second-order valence-electron chi connectivity index (χ2n) is 8.72. The molecule has 0 saturated carbocycles. The van der Waals surface area contributed by atoms with Crippen LogP contribution >= 0.6 is 22.7 Å². The molecule has 0 spiro atoms. The van der Waals surface area contributed by atoms with Crippen LogP contribution in [0.3, 0.4) is 0 Å². The van der Waals surface area contributed by atoms with E-state index in [2.05, 4.69) is 36.3 Å². The first-order valence-electron chi connectivity index (χ1n) is 11.0. The van der Waals surface area contributed by atoms with Crippen LogP contribution in [0.2, 0.25) is 0 Å². The van der Waals surface area contributed by atoms with E-state index in [9.17, 15) is 4.79 Å². The minimum atomic E-state index is -0.449. The summed E-state index contributed by atoms with van der Waals surface area (Å²) in [6.45, 7) is 8.84. The van der Waals surface area contributed by atoms with Gasteiger partial charge in [-0.3, -0.25) is 9.69 Å². The number of aromatic nitrogens is 2. The number of hydrogen-bond donors (Lipinski definition) is 1. The lowest BCUT2D eigenvalue weighted by atomic mass is 10.1. The Bertz CT molecular complexity index is 1090. The Morgan fingerprint density at radius 3 is 2.58 bits per heavy atom. The van der Waals surface area contributed by atoms with Crippen molar-refractivity contribution in [2.75, 3.05) is 34.2 Å². The molecule has 0 saturated heterocycles. The van der Waals surface area contributed by atoms with Gasteiger partial charge in [0.05, 0.1) is 33.9 Å². The Labute approximate surface area is 204 Å². The fourth-order valence-electron chi connectivity index (χ4n) is 3.34. The van der Waals surface area contributed by atoms with Gasteiger partial charge in [0.25, 0.3) is 0 Å². The Hall–Kier alpha value is -2.33. The standard InChI is InChI=1S/C24H33N5O2S2/c1-15(2)31-20-8-7-17(24(25)30)11-18(20)12-21-27-19(14-32-21)23-16(3)26-22(33-23)13-29(6)10-9-28(4)5/h7-8,11,14-15H,9-10,12-13H2,1-6H3,(H2,25,30). The van der Waals surface area contributed by atoms with Gasteiger partial charge in [-0.2, -0.15) is 0 Å². The molecule has 2 heterocycles. The molecular weight excluding hydrogens is 454 g/mol. The molecular formula is C24H33N5O2S2. The predicted molar refractivity (Wildman–Crippen MR) is 136 cm³/mol. The number of ether oxygens (including phenoxy) is 1. The molecule has 0 radical (unpaired) electrons. The summed E-state index contributed by atoms with van der Waals surface area (Å²) in [5.74, 6) is 0.305. The van der Waals surface area contributed by atoms with Gasteiger partial charge >= 0.3 is 0 Å². The molecule has 0 bridgehead atoms. The minimum absolute atomic E-state index is 0.0316. The summed E-state index contributed by atoms with van der Waals surface area (Å²) in [6, 6.07) is 5.33. The van der Waals surface area contributed by atoms with Crippen molar-refractivity contribution >= 4 is 28.6 Å². The molecule has 3 rings (SSSR count). The normalized spacial score (nSPS) is 11.7. The van der Waals surface area contributed by atoms with Crippen LogP contribution in [0, 0.1) is 6.92 Å². The van der Waals surface area contributed by atoms with E-state index in [1.165, 1.54) is 0 Å². The number of amides is 1. The van der Waals surface area contributed by atoms with Gasteiger partial charge in [-0.1, -0.05) is 0 Å². The van der Waals surface area contributed by atoms with Crippen molar-refractivity contribution in [3.63, 3.8) is 0 Å². The molecule has 0 aliphatic carbocycles. The SMILES string of the molecule is Cc1nc(CN(C)CCN(C)C)sc1-c1csc(Cc2cc(C(N)=O)ccc2OC(C)C)n1. The van der Waals surface area contributed by atoms with Crippen molar-refractivity contribution in [1.82, 2.24) is 19.8 Å². The molecule has 33 heavy (non-hydrogen) atoms. The topological polar surface area (TPSA) is 84.6 Å². The number of primary amides is 1. The van der Waals surface area contributed by atoms with E-state index in [4.69, 9.17) is 20.4 Å². The van der Waals surface area contributed by atoms with Crippen LogP contribution in [0.4, 0.5) is 0 Å². The van der Waals surface area contributed by atoms with E-state index in [-0.39, 0.29) is 6.10 Å². The molecule has 1 aromatic carbocycles. The molecule has 9 heteroatoms. The zero-order chi connectivity index (χ0) is 24.1. The zero-order valence-electron chi connectivity index (χ0n) is 20.2. The second-order valence-corrected chi connectivity index (χ2v) is 10.7. The van der Waals surface area contributed by atoms with Crippen LogP contribution < -0.4 is 10.5 Å². The third-order valence-corrected chi connectivity index (χ3v) is 7.02. The number of nitrogens with two attached hydrogens (primary N) is 1. The van der Waals surface area contributed by atoms with E-state index < -0.39 is 5.91 Å². The molecule has 0 aliphatic rings. The summed E-state index contributed by atoms with van der Waals surface area (Å²) in [7, 11) is 6.29. The monoisotopic (exact) mass is 487 g/mol. The van der Waals surface area contributed by atoms with Crippen LogP contribution in [0.15, 0.2) is 23.6 Å². The molecule has 2 aromatic heterocycles. The lowest BCUT2D eigenvalue weighted by molar-refractivity contribution is 0.1000. The molecule has 1 amide bonds. The highest BCUT2D eigenvalue weighted by Crippen LogP contribution is 2.33. The second kappa shape index (κ2) is 11.2. The molecule has 2 N–H and O–H groups in total. The van der Waals surface area contributed by atoms with E-state index >= 15 is 0 Å². The number of hydrogen-bond acceptors (Lipinski definition) is 8. The van der Waals surface area contributed by atoms with E-state index in [1.54, 1.807) is 34.8 Å². The van der Waals surface area contributed by atoms with Gasteiger partial charge in [0.1, 0.15) is 10.8 Å². The van der Waals surface area contributed by atoms with Gasteiger partial charge in [0.15, 0.2) is 0 Å². The van der Waals surface area contributed by atoms with Crippen molar-refractivity contribution in [2.24, 2.45) is 5.73 Å². The van der Waals surface area contributed by atoms with E-state index in [0.29, 0.717) is 12.0 Å². The lowest BCUT2D eigenvalue weighted by Gasteiger charge is -2.17. The average Bonchev–Trinajstić information content (AvgIpc) is 3.33. The van der Waals surface area contributed by atoms with Gasteiger partial charge < -0.3 is 15.4 Å². The van der Waals surface area contributed by atoms with E-state index in [0.717, 1.165) is 57.2 Å². The summed E-state index contributed by atoms with van der Waals surface area (Å²) < 4.78 is 5.95. The molecule has 7 nitrogen and oxygen atoms in total. The summed E-state index contributed by atoms with van der Waals surface area (Å²) in [5, 5.41) is 4.13. The number of nitrogens with zero attached hydrogens (tertiary/aromatic N) is 4. The van der Waals surface area contributed by atoms with Gasteiger partial charge in [-0.25, -0.2) is 9.97 Å². The minimum Gasteiger partial charge on any atom is -0.491 e. The number of thiazole rings is 2. The van der Waals surface area contributed by atoms with Crippen LogP contribution in [-0.2, 0) is 13.0 Å². The van der Waals surface area contributed by atoms with Crippen LogP contribution in [0.5, 0.6) is 5.75 Å². The fourth-order valence-corrected chi connectivity index (χ4v) is 5.33.